The first-order chi connectivity index (χ1) is 16.7. The molecule has 2 heterocycles. The summed E-state index contributed by atoms with van der Waals surface area (Å²) >= 11 is 0. The van der Waals surface area contributed by atoms with Crippen molar-refractivity contribution in [3.63, 3.8) is 0 Å². The molecule has 6 heteroatoms. The average molecular weight is 446 g/mol. The van der Waals surface area contributed by atoms with Gasteiger partial charge in [0.2, 0.25) is 0 Å². The van der Waals surface area contributed by atoms with Crippen molar-refractivity contribution in [2.24, 2.45) is 0 Å². The molecule has 3 aromatic carbocycles. The fraction of sp³-hybridized carbons (Fsp3) is 0.0714. The number of benzene rings is 3. The van der Waals surface area contributed by atoms with E-state index in [4.69, 9.17) is 4.74 Å². The summed E-state index contributed by atoms with van der Waals surface area (Å²) in [4.78, 5) is 4.68. The summed E-state index contributed by atoms with van der Waals surface area (Å²) in [6.07, 6.45) is 8.01. The second-order valence-corrected chi connectivity index (χ2v) is 7.91. The molecular formula is C28H23N5O. The third-order valence-corrected chi connectivity index (χ3v) is 5.44. The Hall–Kier alpha value is -4.58. The first-order valence-electron chi connectivity index (χ1n) is 11.0. The zero-order valence-electron chi connectivity index (χ0n) is 18.7. The number of nitrogens with one attached hydrogen (secondary N) is 1. The van der Waals surface area contributed by atoms with Gasteiger partial charge in [0.15, 0.2) is 5.82 Å². The SMILES string of the molecule is Cc1cc(C=Cc2nn[nH]n2)ccc1C=Cc1cccc(OCc2ccc3ccccc3n2)c1. The number of tetrazole rings is 1. The van der Waals surface area contributed by atoms with E-state index in [9.17, 15) is 0 Å². The van der Waals surface area contributed by atoms with E-state index in [-0.39, 0.29) is 0 Å². The first kappa shape index (κ1) is 21.3. The van der Waals surface area contributed by atoms with E-state index in [0.717, 1.165) is 39.0 Å². The van der Waals surface area contributed by atoms with E-state index in [1.807, 2.05) is 54.6 Å². The Morgan fingerprint density at radius 3 is 2.59 bits per heavy atom. The van der Waals surface area contributed by atoms with E-state index >= 15 is 0 Å². The summed E-state index contributed by atoms with van der Waals surface area (Å²) in [7, 11) is 0. The van der Waals surface area contributed by atoms with Crippen molar-refractivity contribution in [3.05, 3.63) is 113 Å². The lowest BCUT2D eigenvalue weighted by Crippen LogP contribution is -1.98. The third-order valence-electron chi connectivity index (χ3n) is 5.44. The number of hydrogen-bond donors (Lipinski definition) is 1. The number of para-hydroxylation sites is 1. The molecule has 5 rings (SSSR count). The van der Waals surface area contributed by atoms with Gasteiger partial charge in [-0.1, -0.05) is 72.8 Å². The van der Waals surface area contributed by atoms with Crippen molar-refractivity contribution in [1.29, 1.82) is 0 Å². The summed E-state index contributed by atoms with van der Waals surface area (Å²) in [5.41, 5.74) is 6.38. The van der Waals surface area contributed by atoms with Crippen LogP contribution in [0.3, 0.4) is 0 Å². The molecule has 0 bridgehead atoms. The van der Waals surface area contributed by atoms with Crippen molar-refractivity contribution < 1.29 is 4.74 Å². The normalized spacial score (nSPS) is 11.6. The van der Waals surface area contributed by atoms with Gasteiger partial charge >= 0.3 is 0 Å². The molecule has 0 spiro atoms. The van der Waals surface area contributed by atoms with Crippen LogP contribution in [0.15, 0.2) is 78.9 Å². The van der Waals surface area contributed by atoms with Crippen molar-refractivity contribution in [2.45, 2.75) is 13.5 Å². The Balaban J connectivity index is 1.24. The maximum Gasteiger partial charge on any atom is 0.197 e. The molecule has 34 heavy (non-hydrogen) atoms. The van der Waals surface area contributed by atoms with Gasteiger partial charge in [-0.25, -0.2) is 4.98 Å². The molecule has 6 nitrogen and oxygen atoms in total. The van der Waals surface area contributed by atoms with Crippen LogP contribution in [-0.4, -0.2) is 25.6 Å². The van der Waals surface area contributed by atoms with Gasteiger partial charge in [0.25, 0.3) is 0 Å². The van der Waals surface area contributed by atoms with Crippen molar-refractivity contribution in [2.75, 3.05) is 0 Å². The van der Waals surface area contributed by atoms with Crippen LogP contribution in [0.25, 0.3) is 35.2 Å². The monoisotopic (exact) mass is 445 g/mol. The van der Waals surface area contributed by atoms with Gasteiger partial charge in [0.05, 0.1) is 11.2 Å². The van der Waals surface area contributed by atoms with Gasteiger partial charge in [-0.05, 0) is 64.7 Å². The standard InChI is InChI=1S/C28H23N5O/c1-20-17-22(11-16-28-30-32-33-31-28)10-13-23(20)12-9-21-5-4-7-26(18-21)34-19-25-15-14-24-6-2-3-8-27(24)29-25/h2-18H,19H2,1H3,(H,30,31,32,33). The number of aryl methyl sites for hydroxylation is 1. The Morgan fingerprint density at radius 1 is 0.824 bits per heavy atom. The van der Waals surface area contributed by atoms with Gasteiger partial charge in [-0.3, -0.25) is 0 Å². The summed E-state index contributed by atoms with van der Waals surface area (Å²) in [6.45, 7) is 2.53. The van der Waals surface area contributed by atoms with Crippen molar-refractivity contribution in [3.8, 4) is 5.75 Å². The Labute approximate surface area is 197 Å². The maximum absolute atomic E-state index is 6.01. The molecule has 1 N–H and O–H groups in total. The van der Waals surface area contributed by atoms with Crippen LogP contribution in [-0.2, 0) is 6.61 Å². The minimum atomic E-state index is 0.427. The number of hydrogen-bond acceptors (Lipinski definition) is 5. The number of pyridine rings is 1. The minimum absolute atomic E-state index is 0.427. The summed E-state index contributed by atoms with van der Waals surface area (Å²) in [6, 6.07) is 26.6. The molecule has 0 fully saturated rings. The highest BCUT2D eigenvalue weighted by atomic mass is 16.5. The lowest BCUT2D eigenvalue weighted by Gasteiger charge is -2.08. The molecule has 166 valence electrons. The van der Waals surface area contributed by atoms with Gasteiger partial charge < -0.3 is 4.74 Å². The molecule has 0 saturated heterocycles. The number of nitrogens with zero attached hydrogens (tertiary/aromatic N) is 4. The maximum atomic E-state index is 6.01. The molecule has 0 atom stereocenters. The zero-order valence-corrected chi connectivity index (χ0v) is 18.7. The molecular weight excluding hydrogens is 422 g/mol. The van der Waals surface area contributed by atoms with Crippen LogP contribution in [0, 0.1) is 6.92 Å². The Morgan fingerprint density at radius 2 is 1.71 bits per heavy atom. The van der Waals surface area contributed by atoms with Gasteiger partial charge in [-0.2, -0.15) is 5.21 Å². The van der Waals surface area contributed by atoms with E-state index in [0.29, 0.717) is 12.4 Å². The molecule has 0 unspecified atom stereocenters. The van der Waals surface area contributed by atoms with Crippen LogP contribution in [0.2, 0.25) is 0 Å². The van der Waals surface area contributed by atoms with Crippen LogP contribution in [0.1, 0.15) is 33.8 Å². The van der Waals surface area contributed by atoms with Crippen LogP contribution in [0.5, 0.6) is 5.75 Å². The molecule has 5 aromatic rings. The number of fused-ring (bicyclic) bond motifs is 1. The molecule has 0 aliphatic rings. The lowest BCUT2D eigenvalue weighted by atomic mass is 10.0. The summed E-state index contributed by atoms with van der Waals surface area (Å²) < 4.78 is 6.01. The second kappa shape index (κ2) is 9.92. The largest absolute Gasteiger partial charge is 0.487 e. The molecule has 0 amide bonds. The van der Waals surface area contributed by atoms with Crippen molar-refractivity contribution >= 4 is 35.2 Å². The van der Waals surface area contributed by atoms with Crippen LogP contribution in [0.4, 0.5) is 0 Å². The number of aromatic nitrogens is 5. The molecule has 0 radical (unpaired) electrons. The molecule has 0 aliphatic carbocycles. The van der Waals surface area contributed by atoms with Crippen molar-refractivity contribution in [1.82, 2.24) is 25.6 Å². The lowest BCUT2D eigenvalue weighted by molar-refractivity contribution is 0.302. The highest BCUT2D eigenvalue weighted by Gasteiger charge is 2.01. The third kappa shape index (κ3) is 5.24. The van der Waals surface area contributed by atoms with Gasteiger partial charge in [0.1, 0.15) is 12.4 Å². The first-order valence-corrected chi connectivity index (χ1v) is 11.0. The highest BCUT2D eigenvalue weighted by Crippen LogP contribution is 2.20. The fourth-order valence-electron chi connectivity index (χ4n) is 3.64. The predicted octanol–water partition coefficient (Wildman–Crippen LogP) is 5.98. The average Bonchev–Trinajstić information content (AvgIpc) is 3.40. The van der Waals surface area contributed by atoms with Crippen LogP contribution >= 0.6 is 0 Å². The molecule has 0 aliphatic heterocycles. The van der Waals surface area contributed by atoms with E-state index < -0.39 is 0 Å². The number of aromatic amines is 1. The molecule has 2 aromatic heterocycles. The Kier molecular flexibility index (Phi) is 6.21. The zero-order chi connectivity index (χ0) is 23.2. The number of H-pyrrole nitrogens is 1. The minimum Gasteiger partial charge on any atom is -0.487 e. The fourth-order valence-corrected chi connectivity index (χ4v) is 3.64. The molecule has 0 saturated carbocycles. The summed E-state index contributed by atoms with van der Waals surface area (Å²) in [5, 5.41) is 15.0. The van der Waals surface area contributed by atoms with Gasteiger partial charge in [0, 0.05) is 5.39 Å². The summed E-state index contributed by atoms with van der Waals surface area (Å²) in [5.74, 6) is 1.37. The number of ether oxygens (including phenoxy) is 1. The smallest absolute Gasteiger partial charge is 0.197 e. The quantitative estimate of drug-likeness (QED) is 0.312. The van der Waals surface area contributed by atoms with E-state index in [1.54, 1.807) is 0 Å². The van der Waals surface area contributed by atoms with Gasteiger partial charge in [-0.15, -0.1) is 10.2 Å². The highest BCUT2D eigenvalue weighted by molar-refractivity contribution is 5.78. The second-order valence-electron chi connectivity index (χ2n) is 7.91. The van der Waals surface area contributed by atoms with E-state index in [1.165, 1.54) is 5.56 Å². The predicted molar refractivity (Wildman–Crippen MR) is 136 cm³/mol. The Bertz CT molecular complexity index is 1470. The van der Waals surface area contributed by atoms with Crippen LogP contribution < -0.4 is 4.74 Å². The topological polar surface area (TPSA) is 76.6 Å². The van der Waals surface area contributed by atoms with E-state index in [2.05, 4.69) is 81.1 Å². The number of rotatable bonds is 7.